The Balaban J connectivity index is 1.91. The van der Waals surface area contributed by atoms with Gasteiger partial charge in [-0.05, 0) is 18.4 Å². The fourth-order valence-corrected chi connectivity index (χ4v) is 4.03. The van der Waals surface area contributed by atoms with Crippen LogP contribution in [0, 0.1) is 10.1 Å². The molecule has 1 atom stereocenters. The van der Waals surface area contributed by atoms with Gasteiger partial charge in [-0.3, -0.25) is 25.0 Å². The average Bonchev–Trinajstić information content (AvgIpc) is 2.99. The summed E-state index contributed by atoms with van der Waals surface area (Å²) in [5, 5.41) is 23.7. The summed E-state index contributed by atoms with van der Waals surface area (Å²) in [6.45, 7) is 0. The number of anilines is 1. The number of fused-ring (bicyclic) bond motifs is 5. The highest BCUT2D eigenvalue weighted by atomic mass is 32.2. The summed E-state index contributed by atoms with van der Waals surface area (Å²) in [6, 6.07) is 11.0. The third-order valence-corrected chi connectivity index (χ3v) is 5.50. The predicted molar refractivity (Wildman–Crippen MR) is 105 cm³/mol. The number of carbonyl (C=O) groups excluding carboxylic acids is 2. The van der Waals surface area contributed by atoms with E-state index in [9.17, 15) is 19.7 Å². The number of non-ortho nitro benzene ring substituents is 1. The van der Waals surface area contributed by atoms with Crippen LogP contribution in [0.2, 0.25) is 0 Å². The molecular weight excluding hydrogens is 396 g/mol. The van der Waals surface area contributed by atoms with Gasteiger partial charge in [0.05, 0.1) is 10.3 Å². The van der Waals surface area contributed by atoms with E-state index >= 15 is 0 Å². The molecule has 0 saturated carbocycles. The number of nitrogens with zero attached hydrogens (tertiary/aromatic N) is 4. The Morgan fingerprint density at radius 1 is 1.17 bits per heavy atom. The lowest BCUT2D eigenvalue weighted by Crippen LogP contribution is -2.59. The van der Waals surface area contributed by atoms with Gasteiger partial charge >= 0.3 is 0 Å². The smallest absolute Gasteiger partial charge is 0.279 e. The van der Waals surface area contributed by atoms with E-state index in [4.69, 9.17) is 0 Å². The number of nitrogens with one attached hydrogen (secondary N) is 2. The van der Waals surface area contributed by atoms with Crippen molar-refractivity contribution in [2.24, 2.45) is 10.1 Å². The summed E-state index contributed by atoms with van der Waals surface area (Å²) in [4.78, 5) is 41.6. The highest BCUT2D eigenvalue weighted by Gasteiger charge is 2.57. The number of para-hydroxylation sites is 1. The van der Waals surface area contributed by atoms with Crippen molar-refractivity contribution in [2.45, 2.75) is 5.66 Å². The standard InChI is InChI=1S/C18H12N6O4S/c1-29-17-20-15(25)14-10-4-2-3-5-12(10)21-18(23(14)22-17)11-8-9(24(27)28)6-7-13(11)19-16(18)26/h2-8H,1H3,(H,19,26)(H,20,22,25). The van der Waals surface area contributed by atoms with Crippen molar-refractivity contribution < 1.29 is 14.5 Å². The molecule has 3 aliphatic rings. The van der Waals surface area contributed by atoms with Crippen LogP contribution in [0.3, 0.4) is 0 Å². The number of rotatable bonds is 1. The molecule has 1 unspecified atom stereocenters. The highest BCUT2D eigenvalue weighted by Crippen LogP contribution is 2.46. The molecule has 0 bridgehead atoms. The number of benzene rings is 2. The zero-order chi connectivity index (χ0) is 20.3. The summed E-state index contributed by atoms with van der Waals surface area (Å²) in [6.07, 6.45) is 1.74. The summed E-state index contributed by atoms with van der Waals surface area (Å²) in [5.41, 5.74) is -1.14. The van der Waals surface area contributed by atoms with E-state index in [1.807, 2.05) is 0 Å². The third kappa shape index (κ3) is 2.24. The summed E-state index contributed by atoms with van der Waals surface area (Å²) >= 11 is 1.20. The van der Waals surface area contributed by atoms with Gasteiger partial charge in [0.25, 0.3) is 23.2 Å². The second kappa shape index (κ2) is 5.88. The average molecular weight is 408 g/mol. The van der Waals surface area contributed by atoms with Gasteiger partial charge < -0.3 is 5.32 Å². The predicted octanol–water partition coefficient (Wildman–Crippen LogP) is 0.207. The lowest BCUT2D eigenvalue weighted by molar-refractivity contribution is -0.384. The zero-order valence-corrected chi connectivity index (χ0v) is 15.7. The first kappa shape index (κ1) is 17.4. The Bertz CT molecular complexity index is 1290. The van der Waals surface area contributed by atoms with Gasteiger partial charge in [0.15, 0.2) is 5.17 Å². The molecule has 0 saturated heterocycles. The fraction of sp³-hybridized carbons (Fsp3) is 0.111. The number of amides is 2. The molecule has 3 heterocycles. The van der Waals surface area contributed by atoms with Crippen LogP contribution >= 0.6 is 11.8 Å². The van der Waals surface area contributed by atoms with Crippen molar-refractivity contribution in [3.63, 3.8) is 0 Å². The van der Waals surface area contributed by atoms with Crippen LogP contribution in [0.5, 0.6) is 0 Å². The Kier molecular flexibility index (Phi) is 3.52. The maximum absolute atomic E-state index is 13.2. The van der Waals surface area contributed by atoms with E-state index in [1.165, 1.54) is 35.0 Å². The van der Waals surface area contributed by atoms with Crippen LogP contribution in [-0.2, 0) is 15.3 Å². The Morgan fingerprint density at radius 2 is 1.97 bits per heavy atom. The number of hydrogen-bond donors (Lipinski definition) is 2. The van der Waals surface area contributed by atoms with Crippen molar-refractivity contribution in [1.82, 2.24) is 10.3 Å². The molecular formula is C18H12N6O4S. The monoisotopic (exact) mass is 408 g/mol. The molecule has 0 aliphatic carbocycles. The molecule has 10 nitrogen and oxygen atoms in total. The molecule has 11 heteroatoms. The van der Waals surface area contributed by atoms with Crippen LogP contribution in [-0.4, -0.2) is 33.2 Å². The SMILES string of the molecule is CSC1=NN2C(=c3ccccc3=NC23C(=O)Nc2ccc([N+](=O)[O-])cc23)C(=O)N1. The van der Waals surface area contributed by atoms with Crippen molar-refractivity contribution in [3.8, 4) is 0 Å². The van der Waals surface area contributed by atoms with Crippen LogP contribution in [0.1, 0.15) is 5.56 Å². The van der Waals surface area contributed by atoms with Gasteiger partial charge in [0.1, 0.15) is 5.70 Å². The number of hydrogen-bond acceptors (Lipinski definition) is 8. The maximum Gasteiger partial charge on any atom is 0.279 e. The van der Waals surface area contributed by atoms with Gasteiger partial charge in [-0.25, -0.2) is 10.0 Å². The number of carbonyl (C=O) groups is 2. The first-order valence-corrected chi connectivity index (χ1v) is 9.72. The minimum absolute atomic E-state index is 0.155. The van der Waals surface area contributed by atoms with E-state index in [2.05, 4.69) is 20.7 Å². The van der Waals surface area contributed by atoms with Crippen molar-refractivity contribution >= 4 is 45.8 Å². The molecule has 2 aromatic carbocycles. The second-order valence-corrected chi connectivity index (χ2v) is 7.26. The Labute approximate surface area is 167 Å². The zero-order valence-electron chi connectivity index (χ0n) is 14.9. The van der Waals surface area contributed by atoms with E-state index in [1.54, 1.807) is 30.5 Å². The minimum atomic E-state index is -1.76. The second-order valence-electron chi connectivity index (χ2n) is 6.47. The lowest BCUT2D eigenvalue weighted by Gasteiger charge is -2.39. The maximum atomic E-state index is 13.2. The topological polar surface area (TPSA) is 129 Å². The van der Waals surface area contributed by atoms with E-state index < -0.39 is 22.4 Å². The number of nitro benzene ring substituents is 1. The summed E-state index contributed by atoms with van der Waals surface area (Å²) in [7, 11) is 0. The molecule has 0 aromatic heterocycles. The molecule has 144 valence electrons. The van der Waals surface area contributed by atoms with Crippen LogP contribution in [0.4, 0.5) is 11.4 Å². The molecule has 1 spiro atoms. The molecule has 3 aliphatic heterocycles. The lowest BCUT2D eigenvalue weighted by atomic mass is 9.96. The summed E-state index contributed by atoms with van der Waals surface area (Å²) in [5.74, 6) is -0.975. The summed E-state index contributed by atoms with van der Waals surface area (Å²) < 4.78 is 0. The first-order chi connectivity index (χ1) is 14.0. The van der Waals surface area contributed by atoms with Crippen LogP contribution in [0.15, 0.2) is 52.6 Å². The highest BCUT2D eigenvalue weighted by molar-refractivity contribution is 8.13. The third-order valence-electron chi connectivity index (χ3n) is 4.93. The van der Waals surface area contributed by atoms with Crippen LogP contribution < -0.4 is 21.2 Å². The quantitative estimate of drug-likeness (QED) is 0.513. The molecule has 29 heavy (non-hydrogen) atoms. The normalized spacial score (nSPS) is 21.5. The number of thioether (sulfide) groups is 1. The number of amidine groups is 1. The van der Waals surface area contributed by atoms with Gasteiger partial charge in [0.2, 0.25) is 0 Å². The molecule has 0 radical (unpaired) electrons. The van der Waals surface area contributed by atoms with Gasteiger partial charge in [-0.1, -0.05) is 30.0 Å². The fourth-order valence-electron chi connectivity index (χ4n) is 3.67. The number of hydrazone groups is 1. The molecule has 2 aromatic rings. The van der Waals surface area contributed by atoms with Crippen molar-refractivity contribution in [1.29, 1.82) is 0 Å². The van der Waals surface area contributed by atoms with Crippen LogP contribution in [0.25, 0.3) is 5.70 Å². The van der Waals surface area contributed by atoms with E-state index in [0.29, 0.717) is 21.4 Å². The van der Waals surface area contributed by atoms with Crippen molar-refractivity contribution in [3.05, 3.63) is 68.7 Å². The van der Waals surface area contributed by atoms with E-state index in [-0.39, 0.29) is 16.9 Å². The van der Waals surface area contributed by atoms with E-state index in [0.717, 1.165) is 0 Å². The van der Waals surface area contributed by atoms with Gasteiger partial charge in [0, 0.05) is 28.6 Å². The number of nitro groups is 1. The van der Waals surface area contributed by atoms with Crippen molar-refractivity contribution in [2.75, 3.05) is 11.6 Å². The van der Waals surface area contributed by atoms with Gasteiger partial charge in [-0.2, -0.15) is 0 Å². The minimum Gasteiger partial charge on any atom is -0.321 e. The van der Waals surface area contributed by atoms with Gasteiger partial charge in [-0.15, -0.1) is 5.10 Å². The Morgan fingerprint density at radius 3 is 2.72 bits per heavy atom. The molecule has 5 rings (SSSR count). The molecule has 0 fully saturated rings. The first-order valence-electron chi connectivity index (χ1n) is 8.49. The largest absolute Gasteiger partial charge is 0.321 e. The molecule has 2 amide bonds. The molecule has 2 N–H and O–H groups in total. The Hall–Kier alpha value is -3.73.